The molecule has 1 saturated carbocycles. The topological polar surface area (TPSA) is 29.3 Å². The van der Waals surface area contributed by atoms with Gasteiger partial charge in [0.15, 0.2) is 0 Å². The summed E-state index contributed by atoms with van der Waals surface area (Å²) in [5, 5.41) is 0. The minimum absolute atomic E-state index is 0. The molecule has 0 amide bonds. The number of hydrogen-bond acceptors (Lipinski definition) is 3. The molecule has 0 radical (unpaired) electrons. The summed E-state index contributed by atoms with van der Waals surface area (Å²) in [5.41, 5.74) is 6.21. The Balaban J connectivity index is 0.00000128. The number of likely N-dealkylation sites (tertiary alicyclic amines) is 1. The van der Waals surface area contributed by atoms with Gasteiger partial charge in [-0.3, -0.25) is 0 Å². The first kappa shape index (κ1) is 14.6. The van der Waals surface area contributed by atoms with Crippen LogP contribution in [0.15, 0.2) is 0 Å². The molecule has 4 heteroatoms. The summed E-state index contributed by atoms with van der Waals surface area (Å²) in [7, 11) is 0. The maximum absolute atomic E-state index is 6.21. The van der Waals surface area contributed by atoms with Crippen LogP contribution in [0.25, 0.3) is 0 Å². The molecule has 2 nitrogen and oxygen atoms in total. The molecule has 1 saturated heterocycles. The van der Waals surface area contributed by atoms with Crippen LogP contribution >= 0.6 is 24.2 Å². The highest BCUT2D eigenvalue weighted by Crippen LogP contribution is 2.35. The van der Waals surface area contributed by atoms with Crippen LogP contribution in [0.5, 0.6) is 0 Å². The molecule has 16 heavy (non-hydrogen) atoms. The van der Waals surface area contributed by atoms with Gasteiger partial charge in [0, 0.05) is 31.4 Å². The number of halogens is 1. The van der Waals surface area contributed by atoms with Gasteiger partial charge in [0.25, 0.3) is 0 Å². The van der Waals surface area contributed by atoms with E-state index in [4.69, 9.17) is 5.73 Å². The SMILES string of the molecule is CCSCCN1CC2CCCC(N)C2C1.Cl. The van der Waals surface area contributed by atoms with Crippen LogP contribution in [0.1, 0.15) is 26.2 Å². The van der Waals surface area contributed by atoms with Crippen LogP contribution in [0.4, 0.5) is 0 Å². The molecule has 0 aromatic carbocycles. The molecule has 1 aliphatic carbocycles. The summed E-state index contributed by atoms with van der Waals surface area (Å²) >= 11 is 2.06. The molecule has 2 fully saturated rings. The third-order valence-corrected chi connectivity index (χ3v) is 4.87. The fraction of sp³-hybridized carbons (Fsp3) is 1.00. The van der Waals surface area contributed by atoms with Gasteiger partial charge in [0.2, 0.25) is 0 Å². The van der Waals surface area contributed by atoms with Crippen LogP contribution in [-0.2, 0) is 0 Å². The van der Waals surface area contributed by atoms with E-state index in [1.807, 2.05) is 0 Å². The van der Waals surface area contributed by atoms with Gasteiger partial charge in [-0.25, -0.2) is 0 Å². The maximum Gasteiger partial charge on any atom is 0.00825 e. The quantitative estimate of drug-likeness (QED) is 0.790. The second-order valence-corrected chi connectivity index (χ2v) is 6.37. The lowest BCUT2D eigenvalue weighted by Gasteiger charge is -2.29. The lowest BCUT2D eigenvalue weighted by molar-refractivity contribution is 0.259. The average molecular weight is 265 g/mol. The van der Waals surface area contributed by atoms with Crippen molar-refractivity contribution in [2.24, 2.45) is 17.6 Å². The molecule has 96 valence electrons. The summed E-state index contributed by atoms with van der Waals surface area (Å²) in [6.45, 7) is 6.11. The number of fused-ring (bicyclic) bond motifs is 1. The summed E-state index contributed by atoms with van der Waals surface area (Å²) in [6.07, 6.45) is 4.05. The zero-order chi connectivity index (χ0) is 10.7. The largest absolute Gasteiger partial charge is 0.327 e. The van der Waals surface area contributed by atoms with Crippen LogP contribution in [0, 0.1) is 11.8 Å². The molecule has 2 aliphatic rings. The molecule has 0 bridgehead atoms. The van der Waals surface area contributed by atoms with E-state index in [0.29, 0.717) is 6.04 Å². The highest BCUT2D eigenvalue weighted by molar-refractivity contribution is 7.99. The smallest absolute Gasteiger partial charge is 0.00825 e. The van der Waals surface area contributed by atoms with E-state index in [1.165, 1.54) is 50.4 Å². The Kier molecular flexibility index (Phi) is 6.48. The molecular formula is C12H25ClN2S. The fourth-order valence-corrected chi connectivity index (χ4v) is 3.81. The van der Waals surface area contributed by atoms with E-state index < -0.39 is 0 Å². The molecule has 3 unspecified atom stereocenters. The number of hydrogen-bond donors (Lipinski definition) is 1. The lowest BCUT2D eigenvalue weighted by Crippen LogP contribution is -2.38. The number of nitrogens with zero attached hydrogens (tertiary/aromatic N) is 1. The zero-order valence-corrected chi connectivity index (χ0v) is 11.9. The summed E-state index contributed by atoms with van der Waals surface area (Å²) in [4.78, 5) is 2.64. The van der Waals surface area contributed by atoms with E-state index in [9.17, 15) is 0 Å². The summed E-state index contributed by atoms with van der Waals surface area (Å²) in [5.74, 6) is 4.27. The monoisotopic (exact) mass is 264 g/mol. The molecule has 1 aliphatic heterocycles. The van der Waals surface area contributed by atoms with Gasteiger partial charge in [-0.15, -0.1) is 12.4 Å². The minimum atomic E-state index is 0. The highest BCUT2D eigenvalue weighted by atomic mass is 35.5. The third-order valence-electron chi connectivity index (χ3n) is 3.99. The van der Waals surface area contributed by atoms with Gasteiger partial charge >= 0.3 is 0 Å². The van der Waals surface area contributed by atoms with Gasteiger partial charge in [-0.1, -0.05) is 13.3 Å². The van der Waals surface area contributed by atoms with Gasteiger partial charge < -0.3 is 10.6 Å². The molecule has 2 N–H and O–H groups in total. The van der Waals surface area contributed by atoms with Crippen molar-refractivity contribution in [1.82, 2.24) is 4.90 Å². The average Bonchev–Trinajstić information content (AvgIpc) is 2.63. The van der Waals surface area contributed by atoms with Crippen molar-refractivity contribution in [3.05, 3.63) is 0 Å². The van der Waals surface area contributed by atoms with Gasteiger partial charge in [-0.2, -0.15) is 11.8 Å². The molecular weight excluding hydrogens is 240 g/mol. The second kappa shape index (κ2) is 7.10. The lowest BCUT2D eigenvalue weighted by atomic mass is 9.78. The van der Waals surface area contributed by atoms with Gasteiger partial charge in [-0.05, 0) is 30.4 Å². The van der Waals surface area contributed by atoms with Crippen molar-refractivity contribution < 1.29 is 0 Å². The third kappa shape index (κ3) is 3.52. The minimum Gasteiger partial charge on any atom is -0.327 e. The fourth-order valence-electron chi connectivity index (χ4n) is 3.13. The van der Waals surface area contributed by atoms with E-state index >= 15 is 0 Å². The number of rotatable bonds is 4. The molecule has 0 aromatic heterocycles. The first-order valence-corrected chi connectivity index (χ1v) is 7.52. The second-order valence-electron chi connectivity index (χ2n) is 4.98. The normalized spacial score (nSPS) is 34.5. The first-order valence-electron chi connectivity index (χ1n) is 6.37. The van der Waals surface area contributed by atoms with E-state index in [1.54, 1.807) is 0 Å². The Morgan fingerprint density at radius 2 is 2.12 bits per heavy atom. The molecule has 0 spiro atoms. The molecule has 2 rings (SSSR count). The van der Waals surface area contributed by atoms with E-state index in [0.717, 1.165) is 11.8 Å². The van der Waals surface area contributed by atoms with Crippen LogP contribution < -0.4 is 5.73 Å². The predicted octanol–water partition coefficient (Wildman–Crippen LogP) is 2.22. The van der Waals surface area contributed by atoms with Gasteiger partial charge in [0.1, 0.15) is 0 Å². The van der Waals surface area contributed by atoms with Crippen molar-refractivity contribution in [3.63, 3.8) is 0 Å². The van der Waals surface area contributed by atoms with Crippen LogP contribution in [0.3, 0.4) is 0 Å². The van der Waals surface area contributed by atoms with Crippen LogP contribution in [-0.4, -0.2) is 42.1 Å². The van der Waals surface area contributed by atoms with Crippen molar-refractivity contribution >= 4 is 24.2 Å². The summed E-state index contributed by atoms with van der Waals surface area (Å²) in [6, 6.07) is 0.493. The van der Waals surface area contributed by atoms with Crippen molar-refractivity contribution in [2.45, 2.75) is 32.2 Å². The molecule has 3 atom stereocenters. The van der Waals surface area contributed by atoms with Crippen molar-refractivity contribution in [1.29, 1.82) is 0 Å². The predicted molar refractivity (Wildman–Crippen MR) is 75.5 cm³/mol. The van der Waals surface area contributed by atoms with E-state index in [2.05, 4.69) is 23.6 Å². The Bertz CT molecular complexity index is 203. The van der Waals surface area contributed by atoms with Crippen LogP contribution in [0.2, 0.25) is 0 Å². The highest BCUT2D eigenvalue weighted by Gasteiger charge is 2.38. The maximum atomic E-state index is 6.21. The summed E-state index contributed by atoms with van der Waals surface area (Å²) < 4.78 is 0. The standard InChI is InChI=1S/C12H24N2S.ClH/c1-2-15-7-6-14-8-10-4-3-5-12(13)11(10)9-14;/h10-12H,2-9,13H2,1H3;1H. The number of nitrogens with two attached hydrogens (primary N) is 1. The van der Waals surface area contributed by atoms with Gasteiger partial charge in [0.05, 0.1) is 0 Å². The molecule has 0 aromatic rings. The van der Waals surface area contributed by atoms with Crippen molar-refractivity contribution in [3.8, 4) is 0 Å². The van der Waals surface area contributed by atoms with E-state index in [-0.39, 0.29) is 12.4 Å². The Morgan fingerprint density at radius 1 is 1.31 bits per heavy atom. The zero-order valence-electron chi connectivity index (χ0n) is 10.2. The Morgan fingerprint density at radius 3 is 2.81 bits per heavy atom. The van der Waals surface area contributed by atoms with Crippen molar-refractivity contribution in [2.75, 3.05) is 31.1 Å². The Labute approximate surface area is 110 Å². The number of thioether (sulfide) groups is 1. The molecule has 1 heterocycles. The first-order chi connectivity index (χ1) is 7.31. The Hall–Kier alpha value is 0.560.